The summed E-state index contributed by atoms with van der Waals surface area (Å²) in [6.07, 6.45) is 0. The Bertz CT molecular complexity index is 826. The van der Waals surface area contributed by atoms with Crippen LogP contribution in [-0.4, -0.2) is 21.1 Å². The highest BCUT2D eigenvalue weighted by Gasteiger charge is 2.16. The van der Waals surface area contributed by atoms with Gasteiger partial charge in [-0.25, -0.2) is 9.37 Å². The summed E-state index contributed by atoms with van der Waals surface area (Å²) < 4.78 is 18.3. The van der Waals surface area contributed by atoms with Gasteiger partial charge in [-0.3, -0.25) is 10.1 Å². The van der Waals surface area contributed by atoms with E-state index >= 15 is 0 Å². The first kappa shape index (κ1) is 14.3. The number of aryl methyl sites for hydroxylation is 2. The van der Waals surface area contributed by atoms with Gasteiger partial charge in [0.1, 0.15) is 10.7 Å². The van der Waals surface area contributed by atoms with Gasteiger partial charge >= 0.3 is 6.01 Å². The number of nitrogens with zero attached hydrogens (tertiary/aromatic N) is 3. The molecule has 0 aliphatic rings. The first-order valence-corrected chi connectivity index (χ1v) is 7.19. The third kappa shape index (κ3) is 2.86. The predicted octanol–water partition coefficient (Wildman–Crippen LogP) is 3.20. The summed E-state index contributed by atoms with van der Waals surface area (Å²) in [4.78, 5) is 17.0. The number of carbonyl (C=O) groups excluding carboxylic acids is 1. The number of anilines is 1. The number of hydrogen-bond acceptors (Lipinski definition) is 6. The molecule has 0 spiro atoms. The average molecular weight is 318 g/mol. The van der Waals surface area contributed by atoms with Gasteiger partial charge < -0.3 is 4.42 Å². The topological polar surface area (TPSA) is 80.9 Å². The number of halogens is 1. The smallest absolute Gasteiger partial charge is 0.322 e. The molecule has 0 fully saturated rings. The number of thiazole rings is 1. The van der Waals surface area contributed by atoms with Crippen molar-refractivity contribution in [1.82, 2.24) is 15.2 Å². The molecule has 112 valence electrons. The van der Waals surface area contributed by atoms with Crippen LogP contribution in [0.5, 0.6) is 0 Å². The fraction of sp³-hybridized carbons (Fsp3) is 0.143. The zero-order chi connectivity index (χ0) is 15.7. The van der Waals surface area contributed by atoms with Crippen molar-refractivity contribution in [3.05, 3.63) is 46.3 Å². The Morgan fingerprint density at radius 2 is 1.95 bits per heavy atom. The number of amides is 1. The molecular weight excluding hydrogens is 307 g/mol. The van der Waals surface area contributed by atoms with Crippen LogP contribution in [0.15, 0.2) is 28.7 Å². The lowest BCUT2D eigenvalue weighted by molar-refractivity contribution is 0.102. The normalized spacial score (nSPS) is 10.7. The maximum Gasteiger partial charge on any atom is 0.322 e. The molecule has 0 saturated heterocycles. The zero-order valence-corrected chi connectivity index (χ0v) is 12.6. The third-order valence-corrected chi connectivity index (χ3v) is 3.91. The molecule has 0 radical (unpaired) electrons. The van der Waals surface area contributed by atoms with E-state index < -0.39 is 11.7 Å². The molecule has 1 N–H and O–H groups in total. The highest BCUT2D eigenvalue weighted by atomic mass is 32.1. The number of nitrogens with one attached hydrogen (secondary N) is 1. The molecule has 1 aromatic carbocycles. The molecule has 0 atom stereocenters. The number of carbonyl (C=O) groups is 1. The van der Waals surface area contributed by atoms with E-state index in [1.807, 2.05) is 13.8 Å². The van der Waals surface area contributed by atoms with Gasteiger partial charge in [-0.15, -0.1) is 16.4 Å². The molecule has 2 aromatic heterocycles. The van der Waals surface area contributed by atoms with Crippen molar-refractivity contribution in [1.29, 1.82) is 0 Å². The Balaban J connectivity index is 1.78. The van der Waals surface area contributed by atoms with Crippen molar-refractivity contribution >= 4 is 23.3 Å². The van der Waals surface area contributed by atoms with Crippen molar-refractivity contribution in [2.24, 2.45) is 0 Å². The Morgan fingerprint density at radius 1 is 1.23 bits per heavy atom. The Labute approximate surface area is 129 Å². The van der Waals surface area contributed by atoms with Crippen LogP contribution in [-0.2, 0) is 0 Å². The molecular formula is C14H11FN4O2S. The summed E-state index contributed by atoms with van der Waals surface area (Å²) in [6, 6.07) is 5.14. The number of aromatic nitrogens is 3. The fourth-order valence-corrected chi connectivity index (χ4v) is 2.71. The van der Waals surface area contributed by atoms with Crippen LogP contribution in [0.4, 0.5) is 10.4 Å². The molecule has 0 unspecified atom stereocenters. The quantitative estimate of drug-likeness (QED) is 0.802. The lowest BCUT2D eigenvalue weighted by atomic mass is 10.2. The Morgan fingerprint density at radius 3 is 2.59 bits per heavy atom. The molecule has 0 aliphatic heterocycles. The van der Waals surface area contributed by atoms with E-state index in [1.54, 1.807) is 0 Å². The van der Waals surface area contributed by atoms with Gasteiger partial charge in [0.25, 0.3) is 11.8 Å². The molecule has 0 saturated carbocycles. The van der Waals surface area contributed by atoms with Crippen molar-refractivity contribution < 1.29 is 13.6 Å². The van der Waals surface area contributed by atoms with Gasteiger partial charge in [0.05, 0.1) is 10.7 Å². The maximum atomic E-state index is 12.8. The van der Waals surface area contributed by atoms with Crippen LogP contribution in [0.1, 0.15) is 21.1 Å². The van der Waals surface area contributed by atoms with Crippen LogP contribution in [0.2, 0.25) is 0 Å². The molecule has 22 heavy (non-hydrogen) atoms. The predicted molar refractivity (Wildman–Crippen MR) is 79.2 cm³/mol. The average Bonchev–Trinajstić information content (AvgIpc) is 3.06. The molecule has 3 rings (SSSR count). The van der Waals surface area contributed by atoms with Crippen LogP contribution < -0.4 is 5.32 Å². The van der Waals surface area contributed by atoms with Crippen LogP contribution in [0, 0.1) is 19.7 Å². The first-order valence-electron chi connectivity index (χ1n) is 6.38. The monoisotopic (exact) mass is 318 g/mol. The van der Waals surface area contributed by atoms with E-state index in [-0.39, 0.29) is 6.01 Å². The maximum absolute atomic E-state index is 12.8. The summed E-state index contributed by atoms with van der Waals surface area (Å²) >= 11 is 1.44. The fourth-order valence-electron chi connectivity index (χ4n) is 1.87. The Kier molecular flexibility index (Phi) is 3.68. The molecule has 6 nitrogen and oxygen atoms in total. The van der Waals surface area contributed by atoms with E-state index in [0.29, 0.717) is 11.5 Å². The van der Waals surface area contributed by atoms with Gasteiger partial charge in [0.2, 0.25) is 0 Å². The van der Waals surface area contributed by atoms with Crippen molar-refractivity contribution in [3.63, 3.8) is 0 Å². The van der Waals surface area contributed by atoms with Gasteiger partial charge in [0.15, 0.2) is 0 Å². The minimum Gasteiger partial charge on any atom is -0.402 e. The zero-order valence-electron chi connectivity index (χ0n) is 11.8. The van der Waals surface area contributed by atoms with Crippen molar-refractivity contribution in [2.45, 2.75) is 13.8 Å². The van der Waals surface area contributed by atoms with Crippen molar-refractivity contribution in [3.8, 4) is 10.8 Å². The first-order chi connectivity index (χ1) is 10.5. The largest absolute Gasteiger partial charge is 0.402 e. The standard InChI is InChI=1S/C14H11FN4O2S/c1-7-11(22-8(2)16-7)13-18-19-14(21-13)17-12(20)9-3-5-10(15)6-4-9/h3-6H,1-2H3,(H,17,19,20). The lowest BCUT2D eigenvalue weighted by Crippen LogP contribution is -2.12. The van der Waals surface area contributed by atoms with Gasteiger partial charge in [-0.2, -0.15) is 0 Å². The van der Waals surface area contributed by atoms with Gasteiger partial charge in [-0.05, 0) is 38.1 Å². The summed E-state index contributed by atoms with van der Waals surface area (Å²) in [5.41, 5.74) is 1.09. The minimum atomic E-state index is -0.451. The van der Waals surface area contributed by atoms with E-state index in [4.69, 9.17) is 4.42 Å². The van der Waals surface area contributed by atoms with Gasteiger partial charge in [0, 0.05) is 5.56 Å². The molecule has 0 bridgehead atoms. The molecule has 2 heterocycles. The highest BCUT2D eigenvalue weighted by molar-refractivity contribution is 7.15. The molecule has 0 aliphatic carbocycles. The van der Waals surface area contributed by atoms with Crippen LogP contribution >= 0.6 is 11.3 Å². The summed E-state index contributed by atoms with van der Waals surface area (Å²) in [5.74, 6) is -0.558. The summed E-state index contributed by atoms with van der Waals surface area (Å²) in [7, 11) is 0. The van der Waals surface area contributed by atoms with Crippen LogP contribution in [0.3, 0.4) is 0 Å². The van der Waals surface area contributed by atoms with E-state index in [0.717, 1.165) is 15.6 Å². The molecule has 8 heteroatoms. The highest BCUT2D eigenvalue weighted by Crippen LogP contribution is 2.29. The van der Waals surface area contributed by atoms with Gasteiger partial charge in [-0.1, -0.05) is 5.10 Å². The second kappa shape index (κ2) is 5.64. The molecule has 3 aromatic rings. The Hall–Kier alpha value is -2.61. The molecule has 1 amide bonds. The number of benzene rings is 1. The number of hydrogen-bond donors (Lipinski definition) is 1. The van der Waals surface area contributed by atoms with E-state index in [2.05, 4.69) is 20.5 Å². The summed E-state index contributed by atoms with van der Waals surface area (Å²) in [6.45, 7) is 3.73. The van der Waals surface area contributed by atoms with E-state index in [1.165, 1.54) is 35.6 Å². The second-order valence-corrected chi connectivity index (χ2v) is 5.72. The summed E-state index contributed by atoms with van der Waals surface area (Å²) in [5, 5.41) is 11.1. The SMILES string of the molecule is Cc1nc(C)c(-c2nnc(NC(=O)c3ccc(F)cc3)o2)s1. The number of rotatable bonds is 3. The lowest BCUT2D eigenvalue weighted by Gasteiger charge is -1.99. The van der Waals surface area contributed by atoms with Crippen molar-refractivity contribution in [2.75, 3.05) is 5.32 Å². The third-order valence-electron chi connectivity index (χ3n) is 2.85. The second-order valence-electron chi connectivity index (χ2n) is 4.52. The minimum absolute atomic E-state index is 0.0187. The van der Waals surface area contributed by atoms with E-state index in [9.17, 15) is 9.18 Å². The van der Waals surface area contributed by atoms with Crippen LogP contribution in [0.25, 0.3) is 10.8 Å².